The maximum absolute atomic E-state index is 13.3. The van der Waals surface area contributed by atoms with Crippen LogP contribution in [0.3, 0.4) is 0 Å². The van der Waals surface area contributed by atoms with Crippen molar-refractivity contribution in [2.24, 2.45) is 0 Å². The van der Waals surface area contributed by atoms with Crippen molar-refractivity contribution >= 4 is 51.7 Å². The average Bonchev–Trinajstić information content (AvgIpc) is 3.08. The normalized spacial score (nSPS) is 16.1. The second-order valence-electron chi connectivity index (χ2n) is 7.43. The summed E-state index contributed by atoms with van der Waals surface area (Å²) in [6.45, 7) is 1.97. The van der Waals surface area contributed by atoms with E-state index in [1.54, 1.807) is 36.5 Å². The largest absolute Gasteiger partial charge is 0.394 e. The van der Waals surface area contributed by atoms with Gasteiger partial charge in [-0.15, -0.1) is 0 Å². The topological polar surface area (TPSA) is 86.9 Å². The number of nitrogens with one attached hydrogen (secondary N) is 1. The molecule has 1 aliphatic rings. The van der Waals surface area contributed by atoms with E-state index >= 15 is 0 Å². The molecule has 1 aromatic carbocycles. The standard InChI is InChI=1S/C23H21FN4O3S2/c1-2-16(13-29)25-20-17(21(30)27-10-4-3-5-19(27)26-20)11-18-22(31)28(23(32)33-18)12-14-6-8-15(24)9-7-14/h3-11,16,25,29H,2,12-13H2,1H3/b18-11-. The van der Waals surface area contributed by atoms with Crippen molar-refractivity contribution in [2.45, 2.75) is 25.9 Å². The number of rotatable bonds is 7. The molecule has 2 N–H and O–H groups in total. The predicted octanol–water partition coefficient (Wildman–Crippen LogP) is 3.42. The lowest BCUT2D eigenvalue weighted by atomic mass is 10.2. The van der Waals surface area contributed by atoms with Gasteiger partial charge in [0.1, 0.15) is 21.6 Å². The monoisotopic (exact) mass is 484 g/mol. The van der Waals surface area contributed by atoms with E-state index in [0.29, 0.717) is 16.4 Å². The van der Waals surface area contributed by atoms with Crippen LogP contribution in [0.4, 0.5) is 10.2 Å². The van der Waals surface area contributed by atoms with Gasteiger partial charge in [-0.25, -0.2) is 9.37 Å². The number of nitrogens with zero attached hydrogens (tertiary/aromatic N) is 3. The zero-order valence-corrected chi connectivity index (χ0v) is 19.3. The second kappa shape index (κ2) is 9.82. The number of fused-ring (bicyclic) bond motifs is 1. The number of carbonyl (C=O) groups is 1. The number of thiocarbonyl (C=S) groups is 1. The van der Waals surface area contributed by atoms with Crippen molar-refractivity contribution in [3.05, 3.63) is 80.9 Å². The zero-order chi connectivity index (χ0) is 23.5. The molecule has 1 saturated heterocycles. The fourth-order valence-corrected chi connectivity index (χ4v) is 4.59. The number of hydrogen-bond acceptors (Lipinski definition) is 7. The number of aliphatic hydroxyl groups is 1. The first-order valence-electron chi connectivity index (χ1n) is 10.3. The number of aliphatic hydroxyl groups excluding tert-OH is 1. The highest BCUT2D eigenvalue weighted by atomic mass is 32.2. The van der Waals surface area contributed by atoms with Gasteiger partial charge in [0.05, 0.1) is 29.7 Å². The third-order valence-corrected chi connectivity index (χ3v) is 6.60. The van der Waals surface area contributed by atoms with Crippen molar-refractivity contribution in [1.82, 2.24) is 14.3 Å². The summed E-state index contributed by atoms with van der Waals surface area (Å²) in [4.78, 5) is 32.6. The smallest absolute Gasteiger partial charge is 0.267 e. The number of halogens is 1. The summed E-state index contributed by atoms with van der Waals surface area (Å²) < 4.78 is 15.0. The molecule has 1 fully saturated rings. The Kier molecular flexibility index (Phi) is 6.87. The van der Waals surface area contributed by atoms with Crippen LogP contribution in [0, 0.1) is 5.82 Å². The molecule has 7 nitrogen and oxygen atoms in total. The molecule has 1 aliphatic heterocycles. The van der Waals surface area contributed by atoms with Gasteiger partial charge in [0.2, 0.25) is 0 Å². The van der Waals surface area contributed by atoms with Gasteiger partial charge >= 0.3 is 0 Å². The number of thioether (sulfide) groups is 1. The molecule has 170 valence electrons. The van der Waals surface area contributed by atoms with Crippen molar-refractivity contribution < 1.29 is 14.3 Å². The molecule has 0 spiro atoms. The van der Waals surface area contributed by atoms with Crippen molar-refractivity contribution in [3.63, 3.8) is 0 Å². The molecule has 1 atom stereocenters. The Bertz CT molecular complexity index is 1300. The average molecular weight is 485 g/mol. The van der Waals surface area contributed by atoms with E-state index in [2.05, 4.69) is 10.3 Å². The summed E-state index contributed by atoms with van der Waals surface area (Å²) in [6, 6.07) is 10.7. The summed E-state index contributed by atoms with van der Waals surface area (Å²) in [6.07, 6.45) is 3.71. The van der Waals surface area contributed by atoms with E-state index < -0.39 is 0 Å². The summed E-state index contributed by atoms with van der Waals surface area (Å²) in [5.74, 6) is -0.412. The van der Waals surface area contributed by atoms with Gasteiger partial charge in [-0.3, -0.25) is 18.9 Å². The molecule has 0 bridgehead atoms. The molecule has 1 amide bonds. The Morgan fingerprint density at radius 3 is 2.70 bits per heavy atom. The molecular weight excluding hydrogens is 463 g/mol. The highest BCUT2D eigenvalue weighted by molar-refractivity contribution is 8.26. The lowest BCUT2D eigenvalue weighted by molar-refractivity contribution is -0.122. The van der Waals surface area contributed by atoms with Crippen LogP contribution in [0.25, 0.3) is 11.7 Å². The van der Waals surface area contributed by atoms with Crippen LogP contribution < -0.4 is 10.9 Å². The zero-order valence-electron chi connectivity index (χ0n) is 17.7. The van der Waals surface area contributed by atoms with Gasteiger partial charge in [-0.2, -0.15) is 0 Å². The van der Waals surface area contributed by atoms with Crippen molar-refractivity contribution in [2.75, 3.05) is 11.9 Å². The quantitative estimate of drug-likeness (QED) is 0.393. The maximum Gasteiger partial charge on any atom is 0.267 e. The molecule has 1 unspecified atom stereocenters. The van der Waals surface area contributed by atoms with E-state index in [1.165, 1.54) is 27.5 Å². The molecule has 0 aliphatic carbocycles. The fraction of sp³-hybridized carbons (Fsp3) is 0.217. The first-order valence-corrected chi connectivity index (χ1v) is 11.5. The Balaban J connectivity index is 1.73. The highest BCUT2D eigenvalue weighted by Gasteiger charge is 2.32. The van der Waals surface area contributed by atoms with E-state index in [0.717, 1.165) is 17.3 Å². The van der Waals surface area contributed by atoms with E-state index in [9.17, 15) is 19.1 Å². The number of amides is 1. The van der Waals surface area contributed by atoms with Crippen LogP contribution >= 0.6 is 24.0 Å². The van der Waals surface area contributed by atoms with Crippen molar-refractivity contribution in [1.29, 1.82) is 0 Å². The third kappa shape index (κ3) is 4.82. The molecule has 2 aromatic heterocycles. The van der Waals surface area contributed by atoms with Gasteiger partial charge in [0, 0.05) is 6.20 Å². The van der Waals surface area contributed by atoms with E-state index in [-0.39, 0.29) is 52.8 Å². The minimum absolute atomic E-state index is 0.133. The first kappa shape index (κ1) is 23.1. The summed E-state index contributed by atoms with van der Waals surface area (Å²) >= 11 is 6.49. The molecule has 4 rings (SSSR count). The maximum atomic E-state index is 13.3. The lowest BCUT2D eigenvalue weighted by Gasteiger charge is -2.17. The third-order valence-electron chi connectivity index (χ3n) is 5.23. The second-order valence-corrected chi connectivity index (χ2v) is 9.11. The number of anilines is 1. The molecule has 3 aromatic rings. The molecule has 10 heteroatoms. The lowest BCUT2D eigenvalue weighted by Crippen LogP contribution is -2.28. The van der Waals surface area contributed by atoms with Crippen LogP contribution in [-0.4, -0.2) is 42.3 Å². The molecule has 0 saturated carbocycles. The number of hydrogen-bond donors (Lipinski definition) is 2. The number of benzene rings is 1. The molecule has 3 heterocycles. The Morgan fingerprint density at radius 2 is 2.00 bits per heavy atom. The van der Waals surface area contributed by atoms with E-state index in [1.807, 2.05) is 6.92 Å². The van der Waals surface area contributed by atoms with Crippen LogP contribution in [0.1, 0.15) is 24.5 Å². The number of aromatic nitrogens is 2. The Labute approximate surface area is 199 Å². The van der Waals surface area contributed by atoms with Crippen LogP contribution in [0.15, 0.2) is 58.4 Å². The van der Waals surface area contributed by atoms with Crippen LogP contribution in [0.2, 0.25) is 0 Å². The summed E-state index contributed by atoms with van der Waals surface area (Å²) in [5.41, 5.74) is 1.03. The number of pyridine rings is 1. The SMILES string of the molecule is CCC(CO)Nc1nc2ccccn2c(=O)c1/C=C1\SC(=S)N(Cc2ccc(F)cc2)C1=O. The number of carbonyl (C=O) groups excluding carboxylic acids is 1. The van der Waals surface area contributed by atoms with Gasteiger partial charge in [-0.05, 0) is 42.3 Å². The van der Waals surface area contributed by atoms with Crippen LogP contribution in [0.5, 0.6) is 0 Å². The van der Waals surface area contributed by atoms with Gasteiger partial charge in [0.15, 0.2) is 0 Å². The molecule has 0 radical (unpaired) electrons. The molecule has 33 heavy (non-hydrogen) atoms. The minimum atomic E-state index is -0.360. The fourth-order valence-electron chi connectivity index (χ4n) is 3.35. The predicted molar refractivity (Wildman–Crippen MR) is 131 cm³/mol. The Hall–Kier alpha value is -3.08. The highest BCUT2D eigenvalue weighted by Crippen LogP contribution is 2.34. The minimum Gasteiger partial charge on any atom is -0.394 e. The summed E-state index contributed by atoms with van der Waals surface area (Å²) in [5, 5.41) is 12.7. The summed E-state index contributed by atoms with van der Waals surface area (Å²) in [7, 11) is 0. The van der Waals surface area contributed by atoms with Gasteiger partial charge in [-0.1, -0.05) is 49.1 Å². The molecular formula is C23H21FN4O3S2. The van der Waals surface area contributed by atoms with Gasteiger partial charge < -0.3 is 10.4 Å². The Morgan fingerprint density at radius 1 is 1.24 bits per heavy atom. The van der Waals surface area contributed by atoms with Gasteiger partial charge in [0.25, 0.3) is 11.5 Å². The van der Waals surface area contributed by atoms with Crippen molar-refractivity contribution in [3.8, 4) is 0 Å². The van der Waals surface area contributed by atoms with Crippen LogP contribution in [-0.2, 0) is 11.3 Å². The first-order chi connectivity index (χ1) is 15.9. The van der Waals surface area contributed by atoms with E-state index in [4.69, 9.17) is 12.2 Å².